The summed E-state index contributed by atoms with van der Waals surface area (Å²) in [5.41, 5.74) is 3.13. The summed E-state index contributed by atoms with van der Waals surface area (Å²) >= 11 is 0. The smallest absolute Gasteiger partial charge is 0.120 e. The van der Waals surface area contributed by atoms with E-state index in [0.29, 0.717) is 5.75 Å². The molecule has 0 radical (unpaired) electrons. The summed E-state index contributed by atoms with van der Waals surface area (Å²) in [4.78, 5) is 0. The second-order valence-corrected chi connectivity index (χ2v) is 5.45. The number of methoxy groups -OCH3 is 1. The number of ether oxygens (including phenoxy) is 1. The number of phenolic OH excluding ortho intramolecular Hbond substituents is 1. The van der Waals surface area contributed by atoms with Crippen LogP contribution < -0.4 is 10.1 Å². The van der Waals surface area contributed by atoms with Crippen LogP contribution in [0.4, 0.5) is 0 Å². The molecule has 2 N–H and O–H groups in total. The molecular weight excluding hydrogens is 262 g/mol. The molecule has 0 aliphatic rings. The third-order valence-corrected chi connectivity index (χ3v) is 3.75. The molecule has 0 aliphatic heterocycles. The number of aryl methyl sites for hydroxylation is 1. The molecule has 2 aromatic carbocycles. The molecule has 2 rings (SSSR count). The minimum atomic E-state index is 0.0619. The highest BCUT2D eigenvalue weighted by atomic mass is 16.5. The van der Waals surface area contributed by atoms with Gasteiger partial charge in [0, 0.05) is 17.6 Å². The maximum atomic E-state index is 10.1. The minimum Gasteiger partial charge on any atom is -0.508 e. The molecule has 3 nitrogen and oxygen atoms in total. The van der Waals surface area contributed by atoms with Crippen molar-refractivity contribution >= 4 is 0 Å². The zero-order chi connectivity index (χ0) is 15.4. The molecule has 0 heterocycles. The van der Waals surface area contributed by atoms with Gasteiger partial charge in [-0.15, -0.1) is 0 Å². The van der Waals surface area contributed by atoms with Crippen LogP contribution in [0.5, 0.6) is 11.5 Å². The Morgan fingerprint density at radius 3 is 2.48 bits per heavy atom. The largest absolute Gasteiger partial charge is 0.508 e. The predicted molar refractivity (Wildman–Crippen MR) is 85.8 cm³/mol. The van der Waals surface area contributed by atoms with Crippen LogP contribution in [0.15, 0.2) is 42.5 Å². The van der Waals surface area contributed by atoms with E-state index < -0.39 is 0 Å². The van der Waals surface area contributed by atoms with Crippen molar-refractivity contribution < 1.29 is 9.84 Å². The number of hydrogen-bond donors (Lipinski definition) is 2. The first-order chi connectivity index (χ1) is 10.0. The molecule has 21 heavy (non-hydrogen) atoms. The number of phenols is 1. The Hall–Kier alpha value is -2.00. The average Bonchev–Trinajstić information content (AvgIpc) is 2.47. The summed E-state index contributed by atoms with van der Waals surface area (Å²) < 4.78 is 5.26. The van der Waals surface area contributed by atoms with E-state index in [9.17, 15) is 5.11 Å². The third kappa shape index (κ3) is 3.76. The van der Waals surface area contributed by atoms with Crippen molar-refractivity contribution in [2.45, 2.75) is 32.9 Å². The topological polar surface area (TPSA) is 41.5 Å². The number of hydrogen-bond acceptors (Lipinski definition) is 3. The molecule has 0 amide bonds. The van der Waals surface area contributed by atoms with Crippen molar-refractivity contribution in [2.24, 2.45) is 0 Å². The predicted octanol–water partition coefficient (Wildman–Crippen LogP) is 4.12. The summed E-state index contributed by atoms with van der Waals surface area (Å²) in [6, 6.07) is 14.0. The van der Waals surface area contributed by atoms with E-state index in [2.05, 4.69) is 25.2 Å². The molecule has 0 saturated heterocycles. The first-order valence-corrected chi connectivity index (χ1v) is 7.20. The normalized spacial score (nSPS) is 13.7. The van der Waals surface area contributed by atoms with Crippen LogP contribution in [0.1, 0.15) is 42.6 Å². The highest BCUT2D eigenvalue weighted by Crippen LogP contribution is 2.28. The van der Waals surface area contributed by atoms with Crippen molar-refractivity contribution in [1.82, 2.24) is 5.32 Å². The highest BCUT2D eigenvalue weighted by molar-refractivity contribution is 5.38. The van der Waals surface area contributed by atoms with Crippen molar-refractivity contribution in [3.63, 3.8) is 0 Å². The SMILES string of the molecule is COc1cccc(C(C)NC(C)c2ccc(C)cc2O)c1. The second-order valence-electron chi connectivity index (χ2n) is 5.45. The fourth-order valence-electron chi connectivity index (χ4n) is 2.49. The fraction of sp³-hybridized carbons (Fsp3) is 0.333. The van der Waals surface area contributed by atoms with Crippen molar-refractivity contribution in [3.8, 4) is 11.5 Å². The number of benzene rings is 2. The molecule has 2 aromatic rings. The first-order valence-electron chi connectivity index (χ1n) is 7.20. The van der Waals surface area contributed by atoms with E-state index in [1.807, 2.05) is 37.3 Å². The van der Waals surface area contributed by atoms with Crippen LogP contribution in [0.3, 0.4) is 0 Å². The van der Waals surface area contributed by atoms with Crippen molar-refractivity contribution in [3.05, 3.63) is 59.2 Å². The molecule has 0 fully saturated rings. The van der Waals surface area contributed by atoms with Crippen LogP contribution in [0, 0.1) is 6.92 Å². The molecule has 0 aliphatic carbocycles. The Morgan fingerprint density at radius 1 is 1.05 bits per heavy atom. The van der Waals surface area contributed by atoms with Crippen molar-refractivity contribution in [1.29, 1.82) is 0 Å². The van der Waals surface area contributed by atoms with Gasteiger partial charge in [-0.05, 0) is 50.1 Å². The minimum absolute atomic E-state index is 0.0619. The van der Waals surface area contributed by atoms with E-state index in [-0.39, 0.29) is 12.1 Å². The van der Waals surface area contributed by atoms with Gasteiger partial charge in [0.2, 0.25) is 0 Å². The molecule has 0 aromatic heterocycles. The quantitative estimate of drug-likeness (QED) is 0.868. The lowest BCUT2D eigenvalue weighted by molar-refractivity contribution is 0.411. The average molecular weight is 285 g/mol. The maximum absolute atomic E-state index is 10.1. The molecule has 0 bridgehead atoms. The van der Waals surface area contributed by atoms with E-state index in [1.54, 1.807) is 13.2 Å². The van der Waals surface area contributed by atoms with Gasteiger partial charge in [-0.1, -0.05) is 24.3 Å². The van der Waals surface area contributed by atoms with Gasteiger partial charge in [-0.25, -0.2) is 0 Å². The van der Waals surface area contributed by atoms with Gasteiger partial charge in [0.15, 0.2) is 0 Å². The lowest BCUT2D eigenvalue weighted by Crippen LogP contribution is -2.22. The van der Waals surface area contributed by atoms with Crippen molar-refractivity contribution in [2.75, 3.05) is 7.11 Å². The third-order valence-electron chi connectivity index (χ3n) is 3.75. The maximum Gasteiger partial charge on any atom is 0.120 e. The summed E-state index contributed by atoms with van der Waals surface area (Å²) in [6.07, 6.45) is 0. The molecule has 2 atom stereocenters. The Balaban J connectivity index is 2.12. The summed E-state index contributed by atoms with van der Waals surface area (Å²) in [5.74, 6) is 1.19. The monoisotopic (exact) mass is 285 g/mol. The first kappa shape index (κ1) is 15.4. The van der Waals surface area contributed by atoms with Crippen LogP contribution in [0.2, 0.25) is 0 Å². The van der Waals surface area contributed by atoms with E-state index in [1.165, 1.54) is 0 Å². The molecular formula is C18H23NO2. The Morgan fingerprint density at radius 2 is 1.81 bits per heavy atom. The summed E-state index contributed by atoms with van der Waals surface area (Å²) in [6.45, 7) is 6.14. The molecule has 3 heteroatoms. The molecule has 0 spiro atoms. The number of aromatic hydroxyl groups is 1. The number of rotatable bonds is 5. The molecule has 112 valence electrons. The zero-order valence-corrected chi connectivity index (χ0v) is 13.1. The molecule has 0 saturated carbocycles. The second kappa shape index (κ2) is 6.64. The van der Waals surface area contributed by atoms with E-state index in [4.69, 9.17) is 4.74 Å². The molecule has 2 unspecified atom stereocenters. The summed E-state index contributed by atoms with van der Waals surface area (Å²) in [5, 5.41) is 13.6. The van der Waals surface area contributed by atoms with Gasteiger partial charge < -0.3 is 15.2 Å². The van der Waals surface area contributed by atoms with E-state index in [0.717, 1.165) is 22.4 Å². The Kier molecular flexibility index (Phi) is 4.86. The van der Waals surface area contributed by atoms with Crippen LogP contribution >= 0.6 is 0 Å². The van der Waals surface area contributed by atoms with Gasteiger partial charge in [0.1, 0.15) is 11.5 Å². The van der Waals surface area contributed by atoms with Gasteiger partial charge in [-0.2, -0.15) is 0 Å². The number of nitrogens with one attached hydrogen (secondary N) is 1. The zero-order valence-electron chi connectivity index (χ0n) is 13.1. The lowest BCUT2D eigenvalue weighted by atomic mass is 10.0. The fourth-order valence-corrected chi connectivity index (χ4v) is 2.49. The van der Waals surface area contributed by atoms with Crippen LogP contribution in [-0.2, 0) is 0 Å². The Bertz CT molecular complexity index is 610. The highest BCUT2D eigenvalue weighted by Gasteiger charge is 2.14. The Labute approximate surface area is 126 Å². The van der Waals surface area contributed by atoms with E-state index >= 15 is 0 Å². The van der Waals surface area contributed by atoms with Crippen LogP contribution in [-0.4, -0.2) is 12.2 Å². The summed E-state index contributed by atoms with van der Waals surface area (Å²) in [7, 11) is 1.67. The van der Waals surface area contributed by atoms with Gasteiger partial charge in [0.25, 0.3) is 0 Å². The van der Waals surface area contributed by atoms with Gasteiger partial charge in [-0.3, -0.25) is 0 Å². The standard InChI is InChI=1S/C18H23NO2/c1-12-8-9-17(18(20)10-12)14(3)19-13(2)15-6-5-7-16(11-15)21-4/h5-11,13-14,19-20H,1-4H3. The van der Waals surface area contributed by atoms with Crippen LogP contribution in [0.25, 0.3) is 0 Å². The lowest BCUT2D eigenvalue weighted by Gasteiger charge is -2.22. The van der Waals surface area contributed by atoms with Gasteiger partial charge >= 0.3 is 0 Å². The van der Waals surface area contributed by atoms with Gasteiger partial charge in [0.05, 0.1) is 7.11 Å².